The van der Waals surface area contributed by atoms with Crippen molar-refractivity contribution in [3.8, 4) is 5.75 Å². The molecule has 0 atom stereocenters. The Bertz CT molecular complexity index is 900. The average Bonchev–Trinajstić information content (AvgIpc) is 2.87. The molecule has 5 nitrogen and oxygen atoms in total. The van der Waals surface area contributed by atoms with E-state index in [1.165, 1.54) is 4.90 Å². The van der Waals surface area contributed by atoms with Gasteiger partial charge < -0.3 is 10.1 Å². The van der Waals surface area contributed by atoms with E-state index < -0.39 is 6.03 Å². The first kappa shape index (κ1) is 19.6. The Labute approximate surface area is 174 Å². The van der Waals surface area contributed by atoms with Crippen LogP contribution in [0.25, 0.3) is 6.08 Å². The molecular formula is C20H18Br2N2O3. The van der Waals surface area contributed by atoms with E-state index in [9.17, 15) is 9.59 Å². The molecule has 2 aromatic carbocycles. The molecule has 0 aliphatic carbocycles. The third-order valence-electron chi connectivity index (χ3n) is 4.04. The molecule has 0 saturated carbocycles. The van der Waals surface area contributed by atoms with Crippen LogP contribution < -0.4 is 10.1 Å². The summed E-state index contributed by atoms with van der Waals surface area (Å²) in [5.74, 6) is 0.351. The number of hydrogen-bond donors (Lipinski definition) is 1. The molecule has 140 valence electrons. The number of hydrogen-bond acceptors (Lipinski definition) is 3. The summed E-state index contributed by atoms with van der Waals surface area (Å²) in [5.41, 5.74) is 3.04. The lowest BCUT2D eigenvalue weighted by molar-refractivity contribution is -0.123. The van der Waals surface area contributed by atoms with Gasteiger partial charge in [0.2, 0.25) is 0 Å². The van der Waals surface area contributed by atoms with Crippen LogP contribution in [0.1, 0.15) is 23.6 Å². The summed E-state index contributed by atoms with van der Waals surface area (Å²) in [5, 5.41) is 2.65. The van der Waals surface area contributed by atoms with Crippen molar-refractivity contribution in [3.05, 3.63) is 67.7 Å². The Morgan fingerprint density at radius 2 is 1.74 bits per heavy atom. The fourth-order valence-corrected chi connectivity index (χ4v) is 4.15. The number of halogens is 2. The molecule has 0 spiro atoms. The molecule has 2 aromatic rings. The summed E-state index contributed by atoms with van der Waals surface area (Å²) in [4.78, 5) is 26.1. The van der Waals surface area contributed by atoms with Gasteiger partial charge in [0.15, 0.2) is 0 Å². The third-order valence-corrected chi connectivity index (χ3v) is 5.22. The number of urea groups is 1. The molecule has 27 heavy (non-hydrogen) atoms. The van der Waals surface area contributed by atoms with Crippen LogP contribution in [0.3, 0.4) is 0 Å². The van der Waals surface area contributed by atoms with Gasteiger partial charge in [0.1, 0.15) is 11.4 Å². The Kier molecular flexibility index (Phi) is 6.01. The number of nitrogens with zero attached hydrogens (tertiary/aromatic N) is 1. The predicted molar refractivity (Wildman–Crippen MR) is 111 cm³/mol. The molecule has 0 radical (unpaired) electrons. The lowest BCUT2D eigenvalue weighted by Crippen LogP contribution is -2.30. The summed E-state index contributed by atoms with van der Waals surface area (Å²) in [7, 11) is 0. The number of carbonyl (C=O) groups is 2. The van der Waals surface area contributed by atoms with Crippen LogP contribution in [-0.2, 0) is 11.3 Å². The maximum atomic E-state index is 12.7. The van der Waals surface area contributed by atoms with E-state index in [0.29, 0.717) is 12.4 Å². The summed E-state index contributed by atoms with van der Waals surface area (Å²) < 4.78 is 7.09. The summed E-state index contributed by atoms with van der Waals surface area (Å²) in [6.45, 7) is 4.68. The Balaban J connectivity index is 1.82. The Morgan fingerprint density at radius 3 is 2.33 bits per heavy atom. The summed E-state index contributed by atoms with van der Waals surface area (Å²) in [6.07, 6.45) is 1.65. The minimum absolute atomic E-state index is 0.235. The van der Waals surface area contributed by atoms with E-state index in [1.54, 1.807) is 6.08 Å². The third kappa shape index (κ3) is 4.42. The van der Waals surface area contributed by atoms with Crippen LogP contribution >= 0.6 is 31.9 Å². The molecule has 7 heteroatoms. The normalized spacial score (nSPS) is 15.4. The van der Waals surface area contributed by atoms with Gasteiger partial charge in [-0.2, -0.15) is 0 Å². The molecule has 1 fully saturated rings. The standard InChI is InChI=1S/C20H18Br2N2O3/c1-3-27-18-15(21)8-14(9-16(18)22)10-17-19(25)24(20(26)23-17)11-13-6-4-12(2)5-7-13/h4-10H,3,11H2,1-2H3,(H,23,26)/b17-10+. The largest absolute Gasteiger partial charge is 0.492 e. The topological polar surface area (TPSA) is 58.6 Å². The van der Waals surface area contributed by atoms with Crippen molar-refractivity contribution in [2.24, 2.45) is 0 Å². The van der Waals surface area contributed by atoms with Crippen LogP contribution in [-0.4, -0.2) is 23.4 Å². The molecular weight excluding hydrogens is 476 g/mol. The highest BCUT2D eigenvalue weighted by atomic mass is 79.9. The first-order valence-corrected chi connectivity index (χ1v) is 9.99. The van der Waals surface area contributed by atoms with E-state index in [0.717, 1.165) is 25.6 Å². The van der Waals surface area contributed by atoms with Gasteiger partial charge in [0.25, 0.3) is 5.91 Å². The van der Waals surface area contributed by atoms with E-state index >= 15 is 0 Å². The molecule has 1 heterocycles. The monoisotopic (exact) mass is 492 g/mol. The zero-order valence-electron chi connectivity index (χ0n) is 14.9. The van der Waals surface area contributed by atoms with Crippen molar-refractivity contribution in [1.29, 1.82) is 0 Å². The lowest BCUT2D eigenvalue weighted by atomic mass is 10.1. The van der Waals surface area contributed by atoms with Crippen molar-refractivity contribution >= 4 is 49.9 Å². The highest BCUT2D eigenvalue weighted by Crippen LogP contribution is 2.35. The second-order valence-corrected chi connectivity index (χ2v) is 7.82. The molecule has 3 rings (SSSR count). The van der Waals surface area contributed by atoms with Gasteiger partial charge in [-0.3, -0.25) is 9.69 Å². The maximum Gasteiger partial charge on any atom is 0.329 e. The number of aryl methyl sites for hydroxylation is 1. The van der Waals surface area contributed by atoms with Crippen LogP contribution in [0.2, 0.25) is 0 Å². The van der Waals surface area contributed by atoms with Gasteiger partial charge in [-0.15, -0.1) is 0 Å². The van der Waals surface area contributed by atoms with Crippen molar-refractivity contribution in [1.82, 2.24) is 10.2 Å². The van der Waals surface area contributed by atoms with Gasteiger partial charge in [0, 0.05) is 0 Å². The van der Waals surface area contributed by atoms with Gasteiger partial charge in [0.05, 0.1) is 22.1 Å². The highest BCUT2D eigenvalue weighted by Gasteiger charge is 2.33. The number of imide groups is 1. The number of nitrogens with one attached hydrogen (secondary N) is 1. The van der Waals surface area contributed by atoms with Crippen molar-refractivity contribution in [2.75, 3.05) is 6.61 Å². The van der Waals surface area contributed by atoms with Gasteiger partial charge in [-0.1, -0.05) is 29.8 Å². The number of ether oxygens (including phenoxy) is 1. The molecule has 1 aliphatic heterocycles. The van der Waals surface area contributed by atoms with E-state index in [4.69, 9.17) is 4.74 Å². The van der Waals surface area contributed by atoms with Gasteiger partial charge in [-0.25, -0.2) is 4.79 Å². The molecule has 0 bridgehead atoms. The molecule has 1 aliphatic rings. The fourth-order valence-electron chi connectivity index (χ4n) is 2.70. The highest BCUT2D eigenvalue weighted by molar-refractivity contribution is 9.11. The summed E-state index contributed by atoms with van der Waals surface area (Å²) in [6, 6.07) is 11.0. The van der Waals surface area contributed by atoms with Crippen LogP contribution in [0.5, 0.6) is 5.75 Å². The minimum Gasteiger partial charge on any atom is -0.492 e. The molecule has 0 aromatic heterocycles. The molecule has 1 N–H and O–H groups in total. The zero-order valence-corrected chi connectivity index (χ0v) is 18.1. The quantitative estimate of drug-likeness (QED) is 0.470. The second-order valence-electron chi connectivity index (χ2n) is 6.11. The fraction of sp³-hybridized carbons (Fsp3) is 0.200. The average molecular weight is 494 g/mol. The van der Waals surface area contributed by atoms with Crippen molar-refractivity contribution in [3.63, 3.8) is 0 Å². The van der Waals surface area contributed by atoms with Crippen LogP contribution in [0.4, 0.5) is 4.79 Å². The number of rotatable bonds is 5. The smallest absolute Gasteiger partial charge is 0.329 e. The number of carbonyl (C=O) groups excluding carboxylic acids is 2. The predicted octanol–water partition coefficient (Wildman–Crippen LogP) is 5.01. The second kappa shape index (κ2) is 8.27. The Hall–Kier alpha value is -2.12. The maximum absolute atomic E-state index is 12.7. The SMILES string of the molecule is CCOc1c(Br)cc(/C=C2/NC(=O)N(Cc3ccc(C)cc3)C2=O)cc1Br. The van der Waals surface area contributed by atoms with Crippen LogP contribution in [0, 0.1) is 6.92 Å². The van der Waals surface area contributed by atoms with E-state index in [2.05, 4.69) is 37.2 Å². The van der Waals surface area contributed by atoms with E-state index in [1.807, 2.05) is 50.2 Å². The first-order valence-electron chi connectivity index (χ1n) is 8.41. The number of benzene rings is 2. The first-order chi connectivity index (χ1) is 12.9. The molecule has 1 saturated heterocycles. The molecule has 0 unspecified atom stereocenters. The van der Waals surface area contributed by atoms with Crippen molar-refractivity contribution < 1.29 is 14.3 Å². The van der Waals surface area contributed by atoms with E-state index in [-0.39, 0.29) is 18.1 Å². The minimum atomic E-state index is -0.420. The zero-order chi connectivity index (χ0) is 19.6. The van der Waals surface area contributed by atoms with Crippen LogP contribution in [0.15, 0.2) is 51.0 Å². The summed E-state index contributed by atoms with van der Waals surface area (Å²) >= 11 is 6.94. The lowest BCUT2D eigenvalue weighted by Gasteiger charge is -2.12. The van der Waals surface area contributed by atoms with Crippen molar-refractivity contribution in [2.45, 2.75) is 20.4 Å². The van der Waals surface area contributed by atoms with Gasteiger partial charge >= 0.3 is 6.03 Å². The molecule has 3 amide bonds. The number of amides is 3. The van der Waals surface area contributed by atoms with Gasteiger partial charge in [-0.05, 0) is 75.0 Å². The Morgan fingerprint density at radius 1 is 1.11 bits per heavy atom.